The van der Waals surface area contributed by atoms with E-state index in [1.54, 1.807) is 0 Å². The van der Waals surface area contributed by atoms with Crippen LogP contribution >= 0.6 is 12.2 Å². The lowest BCUT2D eigenvalue weighted by atomic mass is 9.86. The molecular formula is C37H33F6N3S. The second-order valence-electron chi connectivity index (χ2n) is 12.0. The van der Waals surface area contributed by atoms with Crippen molar-refractivity contribution < 1.29 is 26.3 Å². The van der Waals surface area contributed by atoms with Crippen molar-refractivity contribution in [2.75, 3.05) is 5.32 Å². The molecule has 6 rings (SSSR count). The quantitative estimate of drug-likeness (QED) is 0.119. The van der Waals surface area contributed by atoms with Crippen molar-refractivity contribution in [2.24, 2.45) is 0 Å². The number of hydrogen-bond donors (Lipinski definition) is 3. The fraction of sp³-hybridized carbons (Fsp3) is 0.270. The number of anilines is 1. The van der Waals surface area contributed by atoms with Crippen LogP contribution in [0.4, 0.5) is 32.0 Å². The van der Waals surface area contributed by atoms with Gasteiger partial charge in [-0.2, -0.15) is 26.3 Å². The standard InChI is InChI=1S/C37H33F6N3S/c38-36(39,40)25-20-26(37(41,42)43)22-28(21-25)45-35(47)46-34(32-19-9-13-24-11-5-7-17-30(24)32)33(44-27-14-2-1-3-15-27)31-18-8-12-23-10-4-6-16-29(23)31/h4-13,16-22,27,33-34,44H,1-3,14-15H2,(H2,45,46,47)/t33-,34-/m0/s1. The molecule has 0 spiro atoms. The number of benzene rings is 5. The number of halogens is 6. The van der Waals surface area contributed by atoms with Crippen molar-refractivity contribution in [2.45, 2.75) is 62.6 Å². The maximum absolute atomic E-state index is 13.6. The minimum Gasteiger partial charge on any atom is -0.354 e. The second-order valence-corrected chi connectivity index (χ2v) is 12.4. The van der Waals surface area contributed by atoms with Gasteiger partial charge < -0.3 is 16.0 Å². The third kappa shape index (κ3) is 7.55. The van der Waals surface area contributed by atoms with Crippen molar-refractivity contribution in [3.63, 3.8) is 0 Å². The minimum absolute atomic E-state index is 0.102. The van der Waals surface area contributed by atoms with E-state index in [1.807, 2.05) is 72.8 Å². The Labute approximate surface area is 274 Å². The van der Waals surface area contributed by atoms with Crippen LogP contribution in [-0.4, -0.2) is 11.2 Å². The molecule has 0 aromatic heterocycles. The smallest absolute Gasteiger partial charge is 0.354 e. The zero-order valence-electron chi connectivity index (χ0n) is 25.3. The van der Waals surface area contributed by atoms with Crippen LogP contribution in [0.15, 0.2) is 103 Å². The molecule has 5 aromatic carbocycles. The molecule has 0 saturated heterocycles. The molecular weight excluding hydrogens is 632 g/mol. The molecule has 1 fully saturated rings. The van der Waals surface area contributed by atoms with E-state index in [-0.39, 0.29) is 23.3 Å². The van der Waals surface area contributed by atoms with E-state index >= 15 is 0 Å². The van der Waals surface area contributed by atoms with Crippen molar-refractivity contribution >= 4 is 44.6 Å². The molecule has 3 nitrogen and oxygen atoms in total. The lowest BCUT2D eigenvalue weighted by Gasteiger charge is -2.36. The van der Waals surface area contributed by atoms with Crippen molar-refractivity contribution in [1.29, 1.82) is 0 Å². The van der Waals surface area contributed by atoms with Crippen molar-refractivity contribution in [3.05, 3.63) is 125 Å². The van der Waals surface area contributed by atoms with Gasteiger partial charge in [-0.1, -0.05) is 104 Å². The topological polar surface area (TPSA) is 36.1 Å². The normalized spacial score (nSPS) is 15.8. The molecule has 1 aliphatic carbocycles. The Morgan fingerprint density at radius 2 is 1.11 bits per heavy atom. The summed E-state index contributed by atoms with van der Waals surface area (Å²) < 4.78 is 81.9. The van der Waals surface area contributed by atoms with Gasteiger partial charge in [0.05, 0.1) is 23.2 Å². The summed E-state index contributed by atoms with van der Waals surface area (Å²) in [6.45, 7) is 0. The summed E-state index contributed by atoms with van der Waals surface area (Å²) in [5, 5.41) is 13.8. The molecule has 0 bridgehead atoms. The molecule has 244 valence electrons. The number of fused-ring (bicyclic) bond motifs is 2. The Morgan fingerprint density at radius 1 is 0.617 bits per heavy atom. The van der Waals surface area contributed by atoms with E-state index in [4.69, 9.17) is 12.2 Å². The highest BCUT2D eigenvalue weighted by atomic mass is 32.1. The predicted octanol–water partition coefficient (Wildman–Crippen LogP) is 10.7. The predicted molar refractivity (Wildman–Crippen MR) is 179 cm³/mol. The number of thiocarbonyl (C=S) groups is 1. The van der Waals surface area contributed by atoms with Crippen LogP contribution < -0.4 is 16.0 Å². The maximum Gasteiger partial charge on any atom is 0.416 e. The summed E-state index contributed by atoms with van der Waals surface area (Å²) in [7, 11) is 0. The first-order valence-corrected chi connectivity index (χ1v) is 16.0. The third-order valence-corrected chi connectivity index (χ3v) is 9.02. The van der Waals surface area contributed by atoms with Crippen LogP contribution in [0.25, 0.3) is 21.5 Å². The second kappa shape index (κ2) is 13.5. The van der Waals surface area contributed by atoms with Gasteiger partial charge in [0.1, 0.15) is 0 Å². The monoisotopic (exact) mass is 665 g/mol. The van der Waals surface area contributed by atoms with Crippen LogP contribution in [0.5, 0.6) is 0 Å². The van der Waals surface area contributed by atoms with Gasteiger partial charge in [-0.15, -0.1) is 0 Å². The van der Waals surface area contributed by atoms with E-state index in [2.05, 4.69) is 28.1 Å². The lowest BCUT2D eigenvalue weighted by Crippen LogP contribution is -2.44. The van der Waals surface area contributed by atoms with Crippen LogP contribution in [0, 0.1) is 0 Å². The summed E-state index contributed by atoms with van der Waals surface area (Å²) in [5.74, 6) is 0. The summed E-state index contributed by atoms with van der Waals surface area (Å²) >= 11 is 5.67. The van der Waals surface area contributed by atoms with E-state index in [9.17, 15) is 26.3 Å². The maximum atomic E-state index is 13.6. The average Bonchev–Trinajstić information content (AvgIpc) is 3.05. The summed E-state index contributed by atoms with van der Waals surface area (Å²) in [6.07, 6.45) is -4.67. The molecule has 1 aliphatic rings. The highest BCUT2D eigenvalue weighted by Gasteiger charge is 2.37. The number of alkyl halides is 6. The Balaban J connectivity index is 1.46. The molecule has 3 N–H and O–H groups in total. The Bertz CT molecular complexity index is 1840. The Hall–Kier alpha value is -4.15. The molecule has 1 saturated carbocycles. The molecule has 0 unspecified atom stereocenters. The van der Waals surface area contributed by atoms with Gasteiger partial charge in [0, 0.05) is 11.7 Å². The van der Waals surface area contributed by atoms with E-state index in [0.717, 1.165) is 64.8 Å². The van der Waals surface area contributed by atoms with Gasteiger partial charge in [0.25, 0.3) is 0 Å². The van der Waals surface area contributed by atoms with Gasteiger partial charge in [0.15, 0.2) is 5.11 Å². The van der Waals surface area contributed by atoms with Crippen LogP contribution in [0.1, 0.15) is 66.4 Å². The molecule has 5 aromatic rings. The first kappa shape index (κ1) is 32.8. The highest BCUT2D eigenvalue weighted by molar-refractivity contribution is 7.80. The molecule has 2 atom stereocenters. The van der Waals surface area contributed by atoms with Gasteiger partial charge in [-0.3, -0.25) is 0 Å². The van der Waals surface area contributed by atoms with Crippen LogP contribution in [-0.2, 0) is 12.4 Å². The van der Waals surface area contributed by atoms with Gasteiger partial charge >= 0.3 is 12.4 Å². The number of rotatable bonds is 7. The van der Waals surface area contributed by atoms with Crippen molar-refractivity contribution in [1.82, 2.24) is 10.6 Å². The molecule has 0 radical (unpaired) electrons. The number of hydrogen-bond acceptors (Lipinski definition) is 2. The average molecular weight is 666 g/mol. The van der Waals surface area contributed by atoms with E-state index < -0.39 is 35.2 Å². The molecule has 0 aliphatic heterocycles. The molecule has 0 amide bonds. The summed E-state index contributed by atoms with van der Waals surface area (Å²) in [6, 6.07) is 28.5. The minimum atomic E-state index is -4.98. The largest absolute Gasteiger partial charge is 0.416 e. The Morgan fingerprint density at radius 3 is 1.64 bits per heavy atom. The van der Waals surface area contributed by atoms with Gasteiger partial charge in [-0.25, -0.2) is 0 Å². The van der Waals surface area contributed by atoms with E-state index in [0.29, 0.717) is 12.1 Å². The zero-order valence-corrected chi connectivity index (χ0v) is 26.1. The molecule has 0 heterocycles. The highest BCUT2D eigenvalue weighted by Crippen LogP contribution is 2.40. The number of nitrogens with one attached hydrogen (secondary N) is 3. The zero-order chi connectivity index (χ0) is 33.2. The van der Waals surface area contributed by atoms with Crippen molar-refractivity contribution in [3.8, 4) is 0 Å². The first-order chi connectivity index (χ1) is 22.5. The van der Waals surface area contributed by atoms with Gasteiger partial charge in [-0.05, 0) is 75.9 Å². The SMILES string of the molecule is FC(F)(F)c1cc(NC(=S)N[C@@H](c2cccc3ccccc23)[C@@H](NC2CCCCC2)c2cccc3ccccc23)cc(C(F)(F)F)c1. The molecule has 10 heteroatoms. The van der Waals surface area contributed by atoms with E-state index in [1.165, 1.54) is 0 Å². The third-order valence-electron chi connectivity index (χ3n) is 8.80. The van der Waals surface area contributed by atoms with Crippen LogP contribution in [0.3, 0.4) is 0 Å². The fourth-order valence-corrected chi connectivity index (χ4v) is 6.85. The fourth-order valence-electron chi connectivity index (χ4n) is 6.61. The lowest BCUT2D eigenvalue weighted by molar-refractivity contribution is -0.143. The molecule has 47 heavy (non-hydrogen) atoms. The first-order valence-electron chi connectivity index (χ1n) is 15.6. The van der Waals surface area contributed by atoms with Gasteiger partial charge in [0.2, 0.25) is 0 Å². The van der Waals surface area contributed by atoms with Crippen LogP contribution in [0.2, 0.25) is 0 Å². The summed E-state index contributed by atoms with van der Waals surface area (Å²) in [4.78, 5) is 0. The summed E-state index contributed by atoms with van der Waals surface area (Å²) in [5.41, 5.74) is -1.37. The Kier molecular flexibility index (Phi) is 9.43.